The fourth-order valence-electron chi connectivity index (χ4n) is 3.22. The smallest absolute Gasteiger partial charge is 0.243 e. The maximum Gasteiger partial charge on any atom is 0.243 e. The number of thioether (sulfide) groups is 1. The number of halogens is 1. The van der Waals surface area contributed by atoms with Crippen molar-refractivity contribution in [3.8, 4) is 5.75 Å². The van der Waals surface area contributed by atoms with Crippen LogP contribution in [0.25, 0.3) is 0 Å². The van der Waals surface area contributed by atoms with Crippen molar-refractivity contribution < 1.29 is 18.7 Å². The van der Waals surface area contributed by atoms with Gasteiger partial charge in [-0.25, -0.2) is 4.39 Å². The molecule has 0 aliphatic carbocycles. The zero-order valence-corrected chi connectivity index (χ0v) is 20.3. The lowest BCUT2D eigenvalue weighted by molar-refractivity contribution is -0.140. The first-order valence-corrected chi connectivity index (χ1v) is 11.8. The lowest BCUT2D eigenvalue weighted by atomic mass is 10.1. The van der Waals surface area contributed by atoms with Gasteiger partial charge in [-0.15, -0.1) is 11.8 Å². The molecule has 32 heavy (non-hydrogen) atoms. The van der Waals surface area contributed by atoms with Crippen LogP contribution in [0.5, 0.6) is 5.75 Å². The number of hydrogen-bond acceptors (Lipinski definition) is 4. The first-order valence-electron chi connectivity index (χ1n) is 10.7. The highest BCUT2D eigenvalue weighted by molar-refractivity contribution is 7.99. The van der Waals surface area contributed by atoms with Crippen LogP contribution in [0.4, 0.5) is 4.39 Å². The first-order chi connectivity index (χ1) is 15.1. The monoisotopic (exact) mass is 460 g/mol. The number of carbonyl (C=O) groups is 2. The van der Waals surface area contributed by atoms with Crippen molar-refractivity contribution in [1.29, 1.82) is 0 Å². The zero-order valence-electron chi connectivity index (χ0n) is 19.5. The molecular formula is C25H33FN2O3S. The molecular weight excluding hydrogens is 427 g/mol. The number of ether oxygens (including phenoxy) is 1. The minimum Gasteiger partial charge on any atom is -0.497 e. The van der Waals surface area contributed by atoms with E-state index >= 15 is 0 Å². The van der Waals surface area contributed by atoms with Crippen LogP contribution in [0, 0.1) is 5.82 Å². The first kappa shape index (κ1) is 25.7. The summed E-state index contributed by atoms with van der Waals surface area (Å²) in [4.78, 5) is 27.9. The minimum atomic E-state index is -0.574. The van der Waals surface area contributed by atoms with E-state index in [4.69, 9.17) is 4.74 Å². The summed E-state index contributed by atoms with van der Waals surface area (Å²) in [6, 6.07) is 13.2. The van der Waals surface area contributed by atoms with Crippen molar-refractivity contribution in [3.05, 3.63) is 65.5 Å². The van der Waals surface area contributed by atoms with Crippen LogP contribution in [0.15, 0.2) is 48.5 Å². The van der Waals surface area contributed by atoms with Gasteiger partial charge in [-0.1, -0.05) is 31.2 Å². The third-order valence-corrected chi connectivity index (χ3v) is 5.79. The lowest BCUT2D eigenvalue weighted by Gasteiger charge is -2.33. The predicted molar refractivity (Wildman–Crippen MR) is 128 cm³/mol. The molecule has 1 N–H and O–H groups in total. The number of amides is 2. The van der Waals surface area contributed by atoms with Crippen LogP contribution >= 0.6 is 11.8 Å². The Labute approximate surface area is 194 Å². The van der Waals surface area contributed by atoms with Gasteiger partial charge < -0.3 is 15.0 Å². The van der Waals surface area contributed by atoms with Crippen molar-refractivity contribution in [2.45, 2.75) is 58.0 Å². The second kappa shape index (κ2) is 11.9. The summed E-state index contributed by atoms with van der Waals surface area (Å²) < 4.78 is 18.3. The molecule has 2 aromatic carbocycles. The quantitative estimate of drug-likeness (QED) is 0.554. The van der Waals surface area contributed by atoms with E-state index in [9.17, 15) is 14.0 Å². The number of benzene rings is 2. The van der Waals surface area contributed by atoms with Crippen molar-refractivity contribution in [1.82, 2.24) is 10.2 Å². The van der Waals surface area contributed by atoms with Crippen LogP contribution in [-0.2, 0) is 21.9 Å². The number of rotatable bonds is 10. The summed E-state index contributed by atoms with van der Waals surface area (Å²) in [6.07, 6.45) is 0.506. The summed E-state index contributed by atoms with van der Waals surface area (Å²) in [5, 5.41) is 3.00. The number of carbonyl (C=O) groups excluding carboxylic acids is 2. The molecule has 0 radical (unpaired) electrons. The minimum absolute atomic E-state index is 0.108. The maximum atomic E-state index is 13.2. The second-order valence-corrected chi connectivity index (χ2v) is 9.64. The van der Waals surface area contributed by atoms with E-state index < -0.39 is 11.6 Å². The Morgan fingerprint density at radius 2 is 1.66 bits per heavy atom. The average Bonchev–Trinajstić information content (AvgIpc) is 2.74. The van der Waals surface area contributed by atoms with Crippen LogP contribution in [-0.4, -0.2) is 41.2 Å². The molecule has 0 bridgehead atoms. The topological polar surface area (TPSA) is 58.6 Å². The predicted octanol–water partition coefficient (Wildman–Crippen LogP) is 4.79. The Bertz CT molecular complexity index is 880. The third kappa shape index (κ3) is 8.19. The van der Waals surface area contributed by atoms with Gasteiger partial charge in [0.05, 0.1) is 12.9 Å². The van der Waals surface area contributed by atoms with Gasteiger partial charge in [-0.05, 0) is 62.6 Å². The molecule has 174 valence electrons. The highest BCUT2D eigenvalue weighted by atomic mass is 32.2. The van der Waals surface area contributed by atoms with E-state index in [1.807, 2.05) is 52.0 Å². The van der Waals surface area contributed by atoms with Crippen molar-refractivity contribution in [2.24, 2.45) is 0 Å². The fourth-order valence-corrected chi connectivity index (χ4v) is 4.09. The largest absolute Gasteiger partial charge is 0.497 e. The number of nitrogens with zero attached hydrogens (tertiary/aromatic N) is 1. The second-order valence-electron chi connectivity index (χ2n) is 8.65. The number of methoxy groups -OCH3 is 1. The SMILES string of the molecule is CCC(C(=O)NC(C)(C)C)N(Cc1ccc(OC)cc1)C(=O)CSCc1ccc(F)cc1. The van der Waals surface area contributed by atoms with E-state index in [-0.39, 0.29) is 23.4 Å². The third-order valence-electron chi connectivity index (χ3n) is 4.80. The van der Waals surface area contributed by atoms with Gasteiger partial charge >= 0.3 is 0 Å². The Hall–Kier alpha value is -2.54. The average molecular weight is 461 g/mol. The molecule has 0 aromatic heterocycles. The molecule has 0 aliphatic heterocycles. The van der Waals surface area contributed by atoms with E-state index in [1.54, 1.807) is 24.1 Å². The van der Waals surface area contributed by atoms with Crippen LogP contribution < -0.4 is 10.1 Å². The molecule has 5 nitrogen and oxygen atoms in total. The molecule has 0 spiro atoms. The molecule has 1 unspecified atom stereocenters. The van der Waals surface area contributed by atoms with Gasteiger partial charge in [0.25, 0.3) is 0 Å². The summed E-state index contributed by atoms with van der Waals surface area (Å²) >= 11 is 1.45. The van der Waals surface area contributed by atoms with Gasteiger partial charge in [0.2, 0.25) is 11.8 Å². The van der Waals surface area contributed by atoms with E-state index in [1.165, 1.54) is 23.9 Å². The van der Waals surface area contributed by atoms with Crippen molar-refractivity contribution >= 4 is 23.6 Å². The molecule has 7 heteroatoms. The van der Waals surface area contributed by atoms with Crippen LogP contribution in [0.1, 0.15) is 45.2 Å². The summed E-state index contributed by atoms with van der Waals surface area (Å²) in [5.74, 6) is 1.00. The molecule has 1 atom stereocenters. The van der Waals surface area contributed by atoms with Crippen molar-refractivity contribution in [3.63, 3.8) is 0 Å². The summed E-state index contributed by atoms with van der Waals surface area (Å²) in [5.41, 5.74) is 1.48. The Morgan fingerprint density at radius 1 is 1.06 bits per heavy atom. The maximum absolute atomic E-state index is 13.2. The summed E-state index contributed by atoms with van der Waals surface area (Å²) in [6.45, 7) is 8.01. The van der Waals surface area contributed by atoms with E-state index in [2.05, 4.69) is 5.32 Å². The Morgan fingerprint density at radius 3 is 2.19 bits per heavy atom. The molecule has 0 fully saturated rings. The highest BCUT2D eigenvalue weighted by Crippen LogP contribution is 2.19. The van der Waals surface area contributed by atoms with Crippen molar-refractivity contribution in [2.75, 3.05) is 12.9 Å². The Kier molecular flexibility index (Phi) is 9.57. The van der Waals surface area contributed by atoms with Crippen LogP contribution in [0.2, 0.25) is 0 Å². The molecule has 0 saturated heterocycles. The van der Waals surface area contributed by atoms with Gasteiger partial charge in [-0.2, -0.15) is 0 Å². The van der Waals surface area contributed by atoms with Gasteiger partial charge in [0, 0.05) is 17.8 Å². The summed E-state index contributed by atoms with van der Waals surface area (Å²) in [7, 11) is 1.60. The number of nitrogens with one attached hydrogen (secondary N) is 1. The zero-order chi connectivity index (χ0) is 23.7. The normalized spacial score (nSPS) is 12.2. The molecule has 0 aliphatic rings. The molecule has 2 amide bonds. The van der Waals surface area contributed by atoms with E-state index in [0.717, 1.165) is 16.9 Å². The highest BCUT2D eigenvalue weighted by Gasteiger charge is 2.30. The van der Waals surface area contributed by atoms with E-state index in [0.29, 0.717) is 18.7 Å². The molecule has 2 aromatic rings. The van der Waals surface area contributed by atoms with Gasteiger partial charge in [0.15, 0.2) is 0 Å². The lowest BCUT2D eigenvalue weighted by Crippen LogP contribution is -2.53. The standard InChI is InChI=1S/C25H33FN2O3S/c1-6-22(24(30)27-25(2,3)4)28(15-18-9-13-21(31-5)14-10-18)23(29)17-32-16-19-7-11-20(26)12-8-19/h7-14,22H,6,15-17H2,1-5H3,(H,27,30). The molecule has 0 saturated carbocycles. The number of hydrogen-bond donors (Lipinski definition) is 1. The molecule has 2 rings (SSSR count). The van der Waals surface area contributed by atoms with Crippen LogP contribution in [0.3, 0.4) is 0 Å². The Balaban J connectivity index is 2.15. The van der Waals surface area contributed by atoms with Gasteiger partial charge in [-0.3, -0.25) is 9.59 Å². The fraction of sp³-hybridized carbons (Fsp3) is 0.440. The molecule has 0 heterocycles. The van der Waals surface area contributed by atoms with Gasteiger partial charge in [0.1, 0.15) is 17.6 Å².